The largest absolute Gasteiger partial charge is 0.489 e. The van der Waals surface area contributed by atoms with E-state index in [1.165, 1.54) is 18.2 Å². The maximum absolute atomic E-state index is 13.8. The number of halogens is 3. The molecular weight excluding hydrogens is 538 g/mol. The molecule has 0 aliphatic carbocycles. The van der Waals surface area contributed by atoms with E-state index in [1.54, 1.807) is 36.4 Å². The average molecular weight is 561 g/mol. The van der Waals surface area contributed by atoms with Crippen LogP contribution >= 0.6 is 11.6 Å². The SMILES string of the molecule is O=C(O)C(Cc1ccc(OCc2c(F)cccc2F)cc1)NC(=O)C1OCOC1C(=O)Nc1ccccc1Cl. The number of rotatable bonds is 10. The minimum absolute atomic E-state index is 0.104. The van der Waals surface area contributed by atoms with Crippen LogP contribution in [0.4, 0.5) is 14.5 Å². The number of carbonyl (C=O) groups excluding carboxylic acids is 2. The van der Waals surface area contributed by atoms with Crippen LogP contribution in [0.5, 0.6) is 5.75 Å². The van der Waals surface area contributed by atoms with Crippen molar-refractivity contribution in [2.24, 2.45) is 0 Å². The highest BCUT2D eigenvalue weighted by atomic mass is 35.5. The van der Waals surface area contributed by atoms with E-state index in [0.717, 1.165) is 12.1 Å². The molecule has 1 aliphatic rings. The Morgan fingerprint density at radius 2 is 1.59 bits per heavy atom. The van der Waals surface area contributed by atoms with Gasteiger partial charge < -0.3 is 30.0 Å². The third-order valence-electron chi connectivity index (χ3n) is 5.84. The zero-order valence-electron chi connectivity index (χ0n) is 20.2. The molecule has 1 aliphatic heterocycles. The second kappa shape index (κ2) is 12.7. The summed E-state index contributed by atoms with van der Waals surface area (Å²) in [5, 5.41) is 14.9. The summed E-state index contributed by atoms with van der Waals surface area (Å²) in [5.74, 6) is -3.99. The van der Waals surface area contributed by atoms with Crippen LogP contribution in [0.2, 0.25) is 5.02 Å². The fourth-order valence-electron chi connectivity index (χ4n) is 3.79. The van der Waals surface area contributed by atoms with Gasteiger partial charge in [-0.1, -0.05) is 41.9 Å². The fourth-order valence-corrected chi connectivity index (χ4v) is 3.97. The topological polar surface area (TPSA) is 123 Å². The first-order valence-electron chi connectivity index (χ1n) is 11.7. The summed E-state index contributed by atoms with van der Waals surface area (Å²) in [6, 6.07) is 14.8. The van der Waals surface area contributed by atoms with Crippen LogP contribution in [0, 0.1) is 11.6 Å². The van der Waals surface area contributed by atoms with Gasteiger partial charge in [0.1, 0.15) is 36.8 Å². The molecule has 0 aromatic heterocycles. The van der Waals surface area contributed by atoms with E-state index < -0.39 is 47.7 Å². The van der Waals surface area contributed by atoms with Crippen LogP contribution in [0.1, 0.15) is 11.1 Å². The molecular formula is C27H23ClF2N2O7. The number of para-hydroxylation sites is 1. The maximum Gasteiger partial charge on any atom is 0.326 e. The van der Waals surface area contributed by atoms with Gasteiger partial charge in [0.25, 0.3) is 11.8 Å². The molecule has 0 saturated carbocycles. The highest BCUT2D eigenvalue weighted by molar-refractivity contribution is 6.33. The Bertz CT molecular complexity index is 1340. The number of benzene rings is 3. The first kappa shape index (κ1) is 28.0. The highest BCUT2D eigenvalue weighted by Gasteiger charge is 2.41. The van der Waals surface area contributed by atoms with Gasteiger partial charge in [0.2, 0.25) is 0 Å². The molecule has 3 aromatic rings. The van der Waals surface area contributed by atoms with Gasteiger partial charge in [-0.2, -0.15) is 0 Å². The standard InChI is InChI=1S/C27H23ClF2N2O7/c28-18-4-1-2-7-21(18)31-25(33)23-24(39-14-38-23)26(34)32-22(27(35)36)12-15-8-10-16(11-9-15)37-13-17-19(29)5-3-6-20(17)30/h1-11,22-24H,12-14H2,(H,31,33)(H,32,34)(H,35,36). The summed E-state index contributed by atoms with van der Waals surface area (Å²) in [6.45, 7) is -0.672. The van der Waals surface area contributed by atoms with Crippen molar-refractivity contribution in [3.8, 4) is 5.75 Å². The van der Waals surface area contributed by atoms with Crippen LogP contribution in [-0.4, -0.2) is 47.9 Å². The number of carboxylic acid groups (broad SMARTS) is 1. The van der Waals surface area contributed by atoms with Gasteiger partial charge in [-0.15, -0.1) is 0 Å². The van der Waals surface area contributed by atoms with E-state index in [1.807, 2.05) is 0 Å². The molecule has 1 heterocycles. The average Bonchev–Trinajstić information content (AvgIpc) is 3.41. The molecule has 3 unspecified atom stereocenters. The highest BCUT2D eigenvalue weighted by Crippen LogP contribution is 2.23. The number of hydrogen-bond donors (Lipinski definition) is 3. The van der Waals surface area contributed by atoms with Crippen molar-refractivity contribution in [1.82, 2.24) is 5.32 Å². The summed E-state index contributed by atoms with van der Waals surface area (Å²) in [6.07, 6.45) is -2.82. The Balaban J connectivity index is 1.35. The van der Waals surface area contributed by atoms with Gasteiger partial charge in [0.05, 0.1) is 16.3 Å². The molecule has 204 valence electrons. The molecule has 0 bridgehead atoms. The number of carboxylic acids is 1. The molecule has 3 aromatic carbocycles. The molecule has 0 spiro atoms. The number of carbonyl (C=O) groups is 3. The van der Waals surface area contributed by atoms with Gasteiger partial charge in [-0.3, -0.25) is 9.59 Å². The fraction of sp³-hybridized carbons (Fsp3) is 0.222. The van der Waals surface area contributed by atoms with Crippen molar-refractivity contribution >= 4 is 35.1 Å². The molecule has 4 rings (SSSR count). The van der Waals surface area contributed by atoms with E-state index in [4.69, 9.17) is 25.8 Å². The second-order valence-corrected chi connectivity index (χ2v) is 8.91. The molecule has 39 heavy (non-hydrogen) atoms. The van der Waals surface area contributed by atoms with Crippen LogP contribution < -0.4 is 15.4 Å². The minimum Gasteiger partial charge on any atom is -0.489 e. The number of ether oxygens (including phenoxy) is 3. The monoisotopic (exact) mass is 560 g/mol. The predicted octanol–water partition coefficient (Wildman–Crippen LogP) is 3.69. The predicted molar refractivity (Wildman–Crippen MR) is 135 cm³/mol. The molecule has 2 amide bonds. The lowest BCUT2D eigenvalue weighted by atomic mass is 10.0. The van der Waals surface area contributed by atoms with Crippen molar-refractivity contribution < 1.29 is 42.5 Å². The molecule has 3 N–H and O–H groups in total. The zero-order chi connectivity index (χ0) is 27.9. The number of hydrogen-bond acceptors (Lipinski definition) is 6. The maximum atomic E-state index is 13.8. The molecule has 3 atom stereocenters. The molecule has 1 saturated heterocycles. The smallest absolute Gasteiger partial charge is 0.326 e. The quantitative estimate of drug-likeness (QED) is 0.345. The molecule has 12 heteroatoms. The number of nitrogens with one attached hydrogen (secondary N) is 2. The van der Waals surface area contributed by atoms with Crippen molar-refractivity contribution in [2.75, 3.05) is 12.1 Å². The number of amides is 2. The van der Waals surface area contributed by atoms with Crippen molar-refractivity contribution in [3.63, 3.8) is 0 Å². The Hall–Kier alpha value is -4.06. The first-order chi connectivity index (χ1) is 18.7. The lowest BCUT2D eigenvalue weighted by Crippen LogP contribution is -2.51. The van der Waals surface area contributed by atoms with Crippen molar-refractivity contribution in [2.45, 2.75) is 31.3 Å². The molecule has 1 fully saturated rings. The number of aliphatic carboxylic acids is 1. The molecule has 9 nitrogen and oxygen atoms in total. The normalized spacial score (nSPS) is 17.3. The third kappa shape index (κ3) is 7.08. The Morgan fingerprint density at radius 3 is 2.23 bits per heavy atom. The van der Waals surface area contributed by atoms with E-state index in [-0.39, 0.29) is 30.4 Å². The van der Waals surface area contributed by atoms with Crippen LogP contribution in [0.25, 0.3) is 0 Å². The third-order valence-corrected chi connectivity index (χ3v) is 6.17. The summed E-state index contributed by atoms with van der Waals surface area (Å²) in [5.41, 5.74) is 0.629. The van der Waals surface area contributed by atoms with Gasteiger partial charge in [0, 0.05) is 6.42 Å². The van der Waals surface area contributed by atoms with Crippen molar-refractivity contribution in [3.05, 3.63) is 94.5 Å². The zero-order valence-corrected chi connectivity index (χ0v) is 21.0. The van der Waals surface area contributed by atoms with E-state index in [0.29, 0.717) is 17.0 Å². The van der Waals surface area contributed by atoms with Crippen molar-refractivity contribution in [1.29, 1.82) is 0 Å². The number of anilines is 1. The lowest BCUT2D eigenvalue weighted by molar-refractivity contribution is -0.144. The van der Waals surface area contributed by atoms with E-state index >= 15 is 0 Å². The van der Waals surface area contributed by atoms with Gasteiger partial charge in [0.15, 0.2) is 12.2 Å². The second-order valence-electron chi connectivity index (χ2n) is 8.50. The summed E-state index contributed by atoms with van der Waals surface area (Å²) >= 11 is 6.05. The van der Waals surface area contributed by atoms with Gasteiger partial charge in [-0.05, 0) is 42.0 Å². The van der Waals surface area contributed by atoms with Gasteiger partial charge in [-0.25, -0.2) is 13.6 Å². The van der Waals surface area contributed by atoms with E-state index in [2.05, 4.69) is 10.6 Å². The lowest BCUT2D eigenvalue weighted by Gasteiger charge is -2.20. The summed E-state index contributed by atoms with van der Waals surface area (Å²) in [4.78, 5) is 37.4. The summed E-state index contributed by atoms with van der Waals surface area (Å²) in [7, 11) is 0. The Morgan fingerprint density at radius 1 is 0.949 bits per heavy atom. The van der Waals surface area contributed by atoms with Crippen LogP contribution in [0.3, 0.4) is 0 Å². The Labute approximate surface area is 226 Å². The molecule has 0 radical (unpaired) electrons. The van der Waals surface area contributed by atoms with Crippen LogP contribution in [-0.2, 0) is 36.9 Å². The minimum atomic E-state index is -1.39. The summed E-state index contributed by atoms with van der Waals surface area (Å²) < 4.78 is 43.5. The first-order valence-corrected chi connectivity index (χ1v) is 12.1. The van der Waals surface area contributed by atoms with Crippen LogP contribution in [0.15, 0.2) is 66.7 Å². The van der Waals surface area contributed by atoms with Gasteiger partial charge >= 0.3 is 5.97 Å². The van der Waals surface area contributed by atoms with E-state index in [9.17, 15) is 28.3 Å². The Kier molecular flexibility index (Phi) is 9.07.